The fraction of sp³-hybridized carbons (Fsp3) is 0.925. The first-order chi connectivity index (χ1) is 44.6. The minimum Gasteiger partial charge on any atom is -0.481 e. The van der Waals surface area contributed by atoms with Crippen LogP contribution in [0.4, 0.5) is 0 Å². The molecule has 0 rings (SSSR count). The average molecular weight is 1310 g/mol. The highest BCUT2D eigenvalue weighted by atomic mass is 16.4. The number of hydrogen-bond donors (Lipinski definition) is 6. The molecule has 0 atom stereocenters. The molecular formula is C80H160O12. The fourth-order valence-corrected chi connectivity index (χ4v) is 10.9. The van der Waals surface area contributed by atoms with Gasteiger partial charge in [-0.1, -0.05) is 401 Å². The van der Waals surface area contributed by atoms with E-state index in [0.717, 1.165) is 77.0 Å². The molecule has 0 radical (unpaired) electrons. The third-order valence-corrected chi connectivity index (χ3v) is 17.0. The maximum absolute atomic E-state index is 10.3. The molecule has 0 fully saturated rings. The van der Waals surface area contributed by atoms with Gasteiger partial charge in [0.1, 0.15) is 0 Å². The SMILES string of the molecule is CCCCCCCCCC(=O)O.CCCCCCCCCC(=O)O.CCCCCCCCCCCC(=O)O.CCCCCCCCCCCC(=O)O.CCCCCCCCCCCCCCCCCC(=O)O.CCCCCCCCCCCCCCCCCC(=O)O. The summed E-state index contributed by atoms with van der Waals surface area (Å²) in [6.07, 6.45) is 80.6. The third kappa shape index (κ3) is 127. The Hall–Kier alpha value is -3.18. The van der Waals surface area contributed by atoms with Gasteiger partial charge in [-0.2, -0.15) is 0 Å². The van der Waals surface area contributed by atoms with Crippen molar-refractivity contribution < 1.29 is 59.4 Å². The van der Waals surface area contributed by atoms with Crippen molar-refractivity contribution in [1.82, 2.24) is 0 Å². The van der Waals surface area contributed by atoms with Crippen LogP contribution in [-0.2, 0) is 28.8 Å². The van der Waals surface area contributed by atoms with Crippen LogP contribution in [0.15, 0.2) is 0 Å². The lowest BCUT2D eigenvalue weighted by molar-refractivity contribution is -0.138. The van der Waals surface area contributed by atoms with E-state index in [4.69, 9.17) is 30.6 Å². The summed E-state index contributed by atoms with van der Waals surface area (Å²) in [5.74, 6) is -3.95. The van der Waals surface area contributed by atoms with Gasteiger partial charge in [0.25, 0.3) is 0 Å². The number of unbranched alkanes of at least 4 members (excludes halogenated alkanes) is 56. The Morgan fingerprint density at radius 2 is 0.196 bits per heavy atom. The molecule has 92 heavy (non-hydrogen) atoms. The molecule has 0 amide bonds. The van der Waals surface area contributed by atoms with Crippen molar-refractivity contribution in [2.75, 3.05) is 0 Å². The highest BCUT2D eigenvalue weighted by molar-refractivity contribution is 5.68. The maximum Gasteiger partial charge on any atom is 0.303 e. The predicted octanol–water partition coefficient (Wildman–Crippen LogP) is 27.1. The molecule has 0 aliphatic carbocycles. The molecule has 0 unspecified atom stereocenters. The molecule has 0 heterocycles. The molecule has 12 nitrogen and oxygen atoms in total. The van der Waals surface area contributed by atoms with Gasteiger partial charge in [-0.15, -0.1) is 0 Å². The molecule has 0 aromatic carbocycles. The van der Waals surface area contributed by atoms with Crippen LogP contribution in [0.5, 0.6) is 0 Å². The van der Waals surface area contributed by atoms with E-state index < -0.39 is 35.8 Å². The second kappa shape index (κ2) is 96.5. The smallest absolute Gasteiger partial charge is 0.303 e. The number of aliphatic carboxylic acids is 6. The second-order valence-corrected chi connectivity index (χ2v) is 26.7. The van der Waals surface area contributed by atoms with Crippen LogP contribution in [0, 0.1) is 0 Å². The molecule has 0 aliphatic rings. The summed E-state index contributed by atoms with van der Waals surface area (Å²) < 4.78 is 0. The van der Waals surface area contributed by atoms with E-state index >= 15 is 0 Å². The number of carbonyl (C=O) groups is 6. The molecule has 0 spiro atoms. The molecule has 0 saturated carbocycles. The highest BCUT2D eigenvalue weighted by Crippen LogP contribution is 2.17. The number of hydrogen-bond acceptors (Lipinski definition) is 6. The van der Waals surface area contributed by atoms with Gasteiger partial charge in [0, 0.05) is 38.5 Å². The molecule has 0 aromatic rings. The van der Waals surface area contributed by atoms with Gasteiger partial charge in [-0.25, -0.2) is 0 Å². The summed E-state index contributed by atoms with van der Waals surface area (Å²) in [7, 11) is 0. The van der Waals surface area contributed by atoms with Crippen LogP contribution < -0.4 is 0 Å². The van der Waals surface area contributed by atoms with Crippen molar-refractivity contribution in [2.45, 2.75) is 478 Å². The molecule has 0 aliphatic heterocycles. The standard InChI is InChI=1S/2C18H36O2.2C12H24O2.2C10H20O2/c2*1-2-3-4-5-6-7-8-9-10-11-12-13-14-15-16-17-18(19)20;2*1-2-3-4-5-6-7-8-9-10-11-12(13)14;2*1-2-3-4-5-6-7-8-9-10(11)12/h2*2-17H2,1H3,(H,19,20);2*2-11H2,1H3,(H,13,14);2*2-9H2,1H3,(H,11,12). The molecule has 0 saturated heterocycles. The zero-order valence-corrected chi connectivity index (χ0v) is 62.2. The zero-order chi connectivity index (χ0) is 69.5. The summed E-state index contributed by atoms with van der Waals surface area (Å²) in [4.78, 5) is 61.3. The molecule has 0 bridgehead atoms. The van der Waals surface area contributed by atoms with Crippen LogP contribution in [0.2, 0.25) is 0 Å². The van der Waals surface area contributed by atoms with Gasteiger partial charge in [-0.05, 0) is 38.5 Å². The van der Waals surface area contributed by atoms with Gasteiger partial charge in [-0.3, -0.25) is 28.8 Å². The Kier molecular flexibility index (Phi) is 105. The quantitative estimate of drug-likeness (QED) is 0.0313. The van der Waals surface area contributed by atoms with E-state index in [1.807, 2.05) is 0 Å². The predicted molar refractivity (Wildman–Crippen MR) is 394 cm³/mol. The summed E-state index contributed by atoms with van der Waals surface area (Å²) in [6.45, 7) is 13.4. The Morgan fingerprint density at radius 3 is 0.261 bits per heavy atom. The Morgan fingerprint density at radius 1 is 0.130 bits per heavy atom. The number of carboxylic acids is 6. The van der Waals surface area contributed by atoms with E-state index in [-0.39, 0.29) is 0 Å². The van der Waals surface area contributed by atoms with Gasteiger partial charge in [0.15, 0.2) is 0 Å². The maximum atomic E-state index is 10.3. The number of carboxylic acid groups (broad SMARTS) is 6. The Bertz CT molecular complexity index is 1320. The van der Waals surface area contributed by atoms with Crippen LogP contribution in [0.3, 0.4) is 0 Å². The van der Waals surface area contributed by atoms with Crippen molar-refractivity contribution in [1.29, 1.82) is 0 Å². The van der Waals surface area contributed by atoms with E-state index in [1.54, 1.807) is 0 Å². The monoisotopic (exact) mass is 1310 g/mol. The van der Waals surface area contributed by atoms with Gasteiger partial charge < -0.3 is 30.6 Å². The molecule has 12 heteroatoms. The molecule has 552 valence electrons. The first-order valence-corrected chi connectivity index (χ1v) is 39.9. The average Bonchev–Trinajstić information content (AvgIpc) is 3.52. The zero-order valence-electron chi connectivity index (χ0n) is 62.2. The minimum absolute atomic E-state index is 0.341. The molecular weight excluding hydrogens is 1150 g/mol. The molecule has 0 aromatic heterocycles. The normalized spacial score (nSPS) is 10.5. The summed E-state index contributed by atoms with van der Waals surface area (Å²) in [5.41, 5.74) is 0. The lowest BCUT2D eigenvalue weighted by atomic mass is 10.0. The first-order valence-electron chi connectivity index (χ1n) is 39.9. The second-order valence-electron chi connectivity index (χ2n) is 26.7. The van der Waals surface area contributed by atoms with Crippen LogP contribution in [0.1, 0.15) is 478 Å². The largest absolute Gasteiger partial charge is 0.481 e. The van der Waals surface area contributed by atoms with Gasteiger partial charge >= 0.3 is 35.8 Å². The van der Waals surface area contributed by atoms with Crippen molar-refractivity contribution in [3.63, 3.8) is 0 Å². The molecule has 6 N–H and O–H groups in total. The first kappa shape index (κ1) is 99.9. The van der Waals surface area contributed by atoms with Crippen molar-refractivity contribution in [3.8, 4) is 0 Å². The van der Waals surface area contributed by atoms with E-state index in [9.17, 15) is 28.8 Å². The summed E-state index contributed by atoms with van der Waals surface area (Å²) in [6, 6.07) is 0. The lowest BCUT2D eigenvalue weighted by Crippen LogP contribution is -1.93. The Labute approximate surface area is 570 Å². The van der Waals surface area contributed by atoms with Gasteiger partial charge in [0.05, 0.1) is 0 Å². The van der Waals surface area contributed by atoms with Crippen molar-refractivity contribution in [3.05, 3.63) is 0 Å². The summed E-state index contributed by atoms with van der Waals surface area (Å²) in [5, 5.41) is 50.6. The highest BCUT2D eigenvalue weighted by Gasteiger charge is 2.02. The van der Waals surface area contributed by atoms with Crippen molar-refractivity contribution in [2.24, 2.45) is 0 Å². The fourth-order valence-electron chi connectivity index (χ4n) is 10.9. The van der Waals surface area contributed by atoms with Crippen LogP contribution in [0.25, 0.3) is 0 Å². The third-order valence-electron chi connectivity index (χ3n) is 17.0. The van der Waals surface area contributed by atoms with E-state index in [2.05, 4.69) is 41.5 Å². The number of rotatable bonds is 68. The van der Waals surface area contributed by atoms with Gasteiger partial charge in [0.2, 0.25) is 0 Å². The van der Waals surface area contributed by atoms with Crippen molar-refractivity contribution >= 4 is 35.8 Å². The van der Waals surface area contributed by atoms with E-state index in [1.165, 1.54) is 321 Å². The van der Waals surface area contributed by atoms with Crippen LogP contribution in [-0.4, -0.2) is 66.5 Å². The summed E-state index contributed by atoms with van der Waals surface area (Å²) >= 11 is 0. The topological polar surface area (TPSA) is 224 Å². The lowest BCUT2D eigenvalue weighted by Gasteiger charge is -2.03. The van der Waals surface area contributed by atoms with Crippen LogP contribution >= 0.6 is 0 Å². The Balaban J connectivity index is -0.000000244. The minimum atomic E-state index is -0.663. The van der Waals surface area contributed by atoms with E-state index in [0.29, 0.717) is 38.5 Å².